The first-order chi connectivity index (χ1) is 18.9. The van der Waals surface area contributed by atoms with E-state index in [0.717, 1.165) is 49.2 Å². The number of nitrogens with zero attached hydrogens (tertiary/aromatic N) is 2. The minimum atomic E-state index is -1.05. The average Bonchev–Trinajstić information content (AvgIpc) is 3.28. The molecule has 1 aromatic heterocycles. The van der Waals surface area contributed by atoms with Gasteiger partial charge in [-0.15, -0.1) is 0 Å². The van der Waals surface area contributed by atoms with Crippen molar-refractivity contribution in [3.8, 4) is 0 Å². The Morgan fingerprint density at radius 1 is 1.07 bits per heavy atom. The Morgan fingerprint density at radius 2 is 1.75 bits per heavy atom. The number of nitrogens with two attached hydrogens (primary N) is 1. The third-order valence-corrected chi connectivity index (χ3v) is 7.87. The molecule has 0 bridgehead atoms. The molecule has 1 aliphatic rings. The van der Waals surface area contributed by atoms with Gasteiger partial charge in [0, 0.05) is 22.3 Å². The summed E-state index contributed by atoms with van der Waals surface area (Å²) in [6.45, 7) is 7.54. The monoisotopic (exact) mass is 581 g/mol. The van der Waals surface area contributed by atoms with E-state index in [9.17, 15) is 14.4 Å². The summed E-state index contributed by atoms with van der Waals surface area (Å²) in [7, 11) is 0. The maximum atomic E-state index is 14.3. The van der Waals surface area contributed by atoms with Crippen LogP contribution in [0, 0.1) is 6.92 Å². The average molecular weight is 582 g/mol. The molecule has 0 unspecified atom stereocenters. The van der Waals surface area contributed by atoms with E-state index in [4.69, 9.17) is 17.3 Å². The van der Waals surface area contributed by atoms with Crippen molar-refractivity contribution in [3.63, 3.8) is 0 Å². The van der Waals surface area contributed by atoms with Crippen LogP contribution in [-0.2, 0) is 4.79 Å². The van der Waals surface area contributed by atoms with Crippen molar-refractivity contribution >= 4 is 52.2 Å². The van der Waals surface area contributed by atoms with E-state index < -0.39 is 17.5 Å². The molecule has 0 saturated heterocycles. The number of nitrogen functional groups attached to an aromatic ring is 1. The summed E-state index contributed by atoms with van der Waals surface area (Å²) >= 11 is 7.02. The van der Waals surface area contributed by atoms with Crippen molar-refractivity contribution in [2.75, 3.05) is 10.6 Å². The third-order valence-electron chi connectivity index (χ3n) is 6.77. The Labute approximate surface area is 244 Å². The summed E-state index contributed by atoms with van der Waals surface area (Å²) in [5.74, 6) is -1.29. The molecule has 40 heavy (non-hydrogen) atoms. The number of aromatic nitrogens is 1. The minimum absolute atomic E-state index is 0.00653. The minimum Gasteiger partial charge on any atom is -0.395 e. The number of aryl methyl sites for hydroxylation is 1. The lowest BCUT2D eigenvalue weighted by Crippen LogP contribution is -2.49. The summed E-state index contributed by atoms with van der Waals surface area (Å²) in [5, 5.41) is 6.54. The van der Waals surface area contributed by atoms with Crippen LogP contribution in [0.5, 0.6) is 0 Å². The highest BCUT2D eigenvalue weighted by Crippen LogP contribution is 2.34. The Kier molecular flexibility index (Phi) is 9.15. The SMILES string of the molecule is Cc1cccc(N(C(=O)c2snc(C(=O)NC3CCCCC3)c2N)[C@@H](C(=O)NC(C)(C)C)c2ccc(Cl)cc2)c1. The Hall–Kier alpha value is -3.43. The van der Waals surface area contributed by atoms with Gasteiger partial charge >= 0.3 is 0 Å². The van der Waals surface area contributed by atoms with Gasteiger partial charge < -0.3 is 16.4 Å². The first kappa shape index (κ1) is 29.6. The quantitative estimate of drug-likeness (QED) is 0.314. The van der Waals surface area contributed by atoms with Gasteiger partial charge in [-0.05, 0) is 87.5 Å². The van der Waals surface area contributed by atoms with Crippen LogP contribution in [0.3, 0.4) is 0 Å². The highest BCUT2D eigenvalue weighted by atomic mass is 35.5. The molecular weight excluding hydrogens is 546 g/mol. The molecule has 4 rings (SSSR count). The number of amides is 3. The second kappa shape index (κ2) is 12.4. The molecule has 0 spiro atoms. The van der Waals surface area contributed by atoms with Gasteiger partial charge in [0.25, 0.3) is 11.8 Å². The fourth-order valence-corrected chi connectivity index (χ4v) is 5.75. The van der Waals surface area contributed by atoms with Gasteiger partial charge in [-0.25, -0.2) is 0 Å². The number of hydrogen-bond acceptors (Lipinski definition) is 6. The van der Waals surface area contributed by atoms with Gasteiger partial charge in [0.15, 0.2) is 5.69 Å². The number of benzene rings is 2. The summed E-state index contributed by atoms with van der Waals surface area (Å²) in [6.07, 6.45) is 5.11. The molecule has 4 N–H and O–H groups in total. The van der Waals surface area contributed by atoms with Crippen LogP contribution in [0.1, 0.15) is 90.2 Å². The van der Waals surface area contributed by atoms with Gasteiger partial charge in [0.05, 0.1) is 5.69 Å². The van der Waals surface area contributed by atoms with Crippen molar-refractivity contribution in [2.24, 2.45) is 0 Å². The number of nitrogens with one attached hydrogen (secondary N) is 2. The lowest BCUT2D eigenvalue weighted by atomic mass is 9.95. The molecule has 1 aliphatic carbocycles. The van der Waals surface area contributed by atoms with Crippen LogP contribution in [0.2, 0.25) is 5.02 Å². The van der Waals surface area contributed by atoms with Crippen LogP contribution < -0.4 is 21.3 Å². The second-order valence-electron chi connectivity index (χ2n) is 11.3. The number of carbonyl (C=O) groups is 3. The van der Waals surface area contributed by atoms with Crippen LogP contribution in [0.4, 0.5) is 11.4 Å². The van der Waals surface area contributed by atoms with Crippen LogP contribution >= 0.6 is 23.1 Å². The maximum Gasteiger partial charge on any atom is 0.273 e. The molecule has 0 aliphatic heterocycles. The summed E-state index contributed by atoms with van der Waals surface area (Å²) in [6, 6.07) is 13.2. The van der Waals surface area contributed by atoms with Crippen molar-refractivity contribution in [1.29, 1.82) is 0 Å². The Morgan fingerprint density at radius 3 is 2.38 bits per heavy atom. The highest BCUT2D eigenvalue weighted by molar-refractivity contribution is 7.09. The molecule has 3 amide bonds. The van der Waals surface area contributed by atoms with Gasteiger partial charge in [-0.2, -0.15) is 4.37 Å². The van der Waals surface area contributed by atoms with E-state index in [1.165, 1.54) is 4.90 Å². The van der Waals surface area contributed by atoms with Crippen LogP contribution in [-0.4, -0.2) is 33.7 Å². The lowest BCUT2D eigenvalue weighted by molar-refractivity contribution is -0.123. The predicted octanol–water partition coefficient (Wildman–Crippen LogP) is 6.05. The maximum absolute atomic E-state index is 14.3. The summed E-state index contributed by atoms with van der Waals surface area (Å²) in [5.41, 5.74) is 7.88. The smallest absolute Gasteiger partial charge is 0.273 e. The highest BCUT2D eigenvalue weighted by Gasteiger charge is 2.37. The first-order valence-electron chi connectivity index (χ1n) is 13.5. The van der Waals surface area contributed by atoms with E-state index in [0.29, 0.717) is 16.3 Å². The summed E-state index contributed by atoms with van der Waals surface area (Å²) < 4.78 is 4.28. The molecule has 1 saturated carbocycles. The van der Waals surface area contributed by atoms with Crippen molar-refractivity contribution in [1.82, 2.24) is 15.0 Å². The number of anilines is 2. The van der Waals surface area contributed by atoms with E-state index in [1.807, 2.05) is 45.9 Å². The van der Waals surface area contributed by atoms with Crippen LogP contribution in [0.25, 0.3) is 0 Å². The summed E-state index contributed by atoms with van der Waals surface area (Å²) in [4.78, 5) is 42.8. The molecule has 0 radical (unpaired) electrons. The molecule has 1 heterocycles. The second-order valence-corrected chi connectivity index (χ2v) is 12.5. The standard InChI is InChI=1S/C30H36ClN5O3S/c1-18-9-8-12-22(17-18)36(25(28(38)34-30(2,3)4)19-13-15-20(31)16-14-19)29(39)26-23(32)24(35-40-26)27(37)33-21-10-6-5-7-11-21/h8-9,12-17,21,25H,5-7,10-11,32H2,1-4H3,(H,33,37)(H,34,38)/t25-/m1/s1. The molecule has 1 fully saturated rings. The zero-order valence-electron chi connectivity index (χ0n) is 23.3. The van der Waals surface area contributed by atoms with Crippen molar-refractivity contribution < 1.29 is 14.4 Å². The van der Waals surface area contributed by atoms with Gasteiger partial charge in [-0.1, -0.05) is 55.1 Å². The van der Waals surface area contributed by atoms with Crippen LogP contribution in [0.15, 0.2) is 48.5 Å². The van der Waals surface area contributed by atoms with E-state index in [2.05, 4.69) is 15.0 Å². The number of carbonyl (C=O) groups excluding carboxylic acids is 3. The van der Waals surface area contributed by atoms with E-state index in [1.54, 1.807) is 30.3 Å². The zero-order valence-corrected chi connectivity index (χ0v) is 24.9. The zero-order chi connectivity index (χ0) is 29.0. The largest absolute Gasteiger partial charge is 0.395 e. The Bertz CT molecular complexity index is 1380. The van der Waals surface area contributed by atoms with E-state index in [-0.39, 0.29) is 34.1 Å². The number of rotatable bonds is 7. The molecular formula is C30H36ClN5O3S. The molecule has 2 aromatic carbocycles. The fraction of sp³-hybridized carbons (Fsp3) is 0.400. The van der Waals surface area contributed by atoms with Crippen molar-refractivity contribution in [2.45, 2.75) is 77.4 Å². The van der Waals surface area contributed by atoms with Gasteiger partial charge in [0.2, 0.25) is 5.91 Å². The fourth-order valence-electron chi connectivity index (χ4n) is 4.89. The number of halogens is 1. The topological polar surface area (TPSA) is 117 Å². The first-order valence-corrected chi connectivity index (χ1v) is 14.6. The predicted molar refractivity (Wildman–Crippen MR) is 161 cm³/mol. The Balaban J connectivity index is 1.77. The third kappa shape index (κ3) is 7.01. The molecule has 10 heteroatoms. The normalized spacial score (nSPS) is 14.8. The van der Waals surface area contributed by atoms with Crippen molar-refractivity contribution in [3.05, 3.63) is 75.3 Å². The molecule has 3 aromatic rings. The van der Waals surface area contributed by atoms with E-state index >= 15 is 0 Å². The molecule has 1 atom stereocenters. The molecule has 8 nitrogen and oxygen atoms in total. The van der Waals surface area contributed by atoms with Gasteiger partial charge in [0.1, 0.15) is 10.9 Å². The number of hydrogen-bond donors (Lipinski definition) is 3. The lowest BCUT2D eigenvalue weighted by Gasteiger charge is -2.33. The van der Waals surface area contributed by atoms with Gasteiger partial charge in [-0.3, -0.25) is 19.3 Å². The molecule has 212 valence electrons.